The van der Waals surface area contributed by atoms with E-state index in [4.69, 9.17) is 9.47 Å². The number of rotatable bonds is 9. The van der Waals surface area contributed by atoms with Crippen molar-refractivity contribution in [3.8, 4) is 0 Å². The molecule has 0 bridgehead atoms. The maximum Gasteiger partial charge on any atom is 0.0745 e. The largest absolute Gasteiger partial charge is 0.391 e. The first-order valence-electron chi connectivity index (χ1n) is 10.9. The molecule has 2 rings (SSSR count). The van der Waals surface area contributed by atoms with Crippen LogP contribution in [0.25, 0.3) is 0 Å². The van der Waals surface area contributed by atoms with E-state index in [0.717, 1.165) is 37.5 Å². The highest BCUT2D eigenvalue weighted by atomic mass is 16.5. The van der Waals surface area contributed by atoms with Crippen molar-refractivity contribution in [3.63, 3.8) is 0 Å². The summed E-state index contributed by atoms with van der Waals surface area (Å²) < 4.78 is 11.7. The standard InChI is InChI=1S/C22H42O4/c1-5-22(4,18-6-10-20(11-7-18)25-14-16(2)23)19-8-12-21(13-9-19)26-15-17(3)24/h16-21,23-24H,5-15H2,1-4H3. The second-order valence-corrected chi connectivity index (χ2v) is 9.17. The van der Waals surface area contributed by atoms with Gasteiger partial charge in [0.15, 0.2) is 0 Å². The summed E-state index contributed by atoms with van der Waals surface area (Å²) in [4.78, 5) is 0. The molecule has 0 radical (unpaired) electrons. The Kier molecular flexibility index (Phi) is 8.85. The van der Waals surface area contributed by atoms with Gasteiger partial charge in [-0.05, 0) is 82.5 Å². The summed E-state index contributed by atoms with van der Waals surface area (Å²) in [5.41, 5.74) is 0.421. The van der Waals surface area contributed by atoms with E-state index in [0.29, 0.717) is 30.8 Å². The lowest BCUT2D eigenvalue weighted by Gasteiger charge is -2.48. The Morgan fingerprint density at radius 1 is 0.769 bits per heavy atom. The molecule has 4 nitrogen and oxygen atoms in total. The molecular weight excluding hydrogens is 328 g/mol. The lowest BCUT2D eigenvalue weighted by atomic mass is 9.58. The van der Waals surface area contributed by atoms with Gasteiger partial charge < -0.3 is 19.7 Å². The van der Waals surface area contributed by atoms with Gasteiger partial charge in [0.25, 0.3) is 0 Å². The normalized spacial score (nSPS) is 34.8. The third kappa shape index (κ3) is 6.19. The summed E-state index contributed by atoms with van der Waals surface area (Å²) in [7, 11) is 0. The third-order valence-electron chi connectivity index (χ3n) is 7.12. The Morgan fingerprint density at radius 2 is 1.12 bits per heavy atom. The van der Waals surface area contributed by atoms with Crippen molar-refractivity contribution in [3.05, 3.63) is 0 Å². The molecule has 2 N–H and O–H groups in total. The zero-order valence-corrected chi connectivity index (χ0v) is 17.5. The van der Waals surface area contributed by atoms with Gasteiger partial charge in [0.05, 0.1) is 37.6 Å². The molecule has 4 heteroatoms. The van der Waals surface area contributed by atoms with Crippen LogP contribution in [0.5, 0.6) is 0 Å². The highest BCUT2D eigenvalue weighted by Gasteiger charge is 2.42. The molecule has 2 saturated carbocycles. The van der Waals surface area contributed by atoms with Crippen LogP contribution in [-0.4, -0.2) is 47.8 Å². The smallest absolute Gasteiger partial charge is 0.0745 e. The van der Waals surface area contributed by atoms with Gasteiger partial charge in [-0.25, -0.2) is 0 Å². The van der Waals surface area contributed by atoms with Gasteiger partial charge in [0, 0.05) is 0 Å². The van der Waals surface area contributed by atoms with Gasteiger partial charge in [-0.1, -0.05) is 20.3 Å². The highest BCUT2D eigenvalue weighted by molar-refractivity contribution is 4.93. The van der Waals surface area contributed by atoms with Crippen molar-refractivity contribution in [2.24, 2.45) is 17.3 Å². The molecule has 26 heavy (non-hydrogen) atoms. The molecule has 2 unspecified atom stereocenters. The number of aliphatic hydroxyl groups is 2. The fourth-order valence-corrected chi connectivity index (χ4v) is 5.24. The second-order valence-electron chi connectivity index (χ2n) is 9.17. The van der Waals surface area contributed by atoms with Gasteiger partial charge >= 0.3 is 0 Å². The van der Waals surface area contributed by atoms with Crippen LogP contribution in [0.2, 0.25) is 0 Å². The Hall–Kier alpha value is -0.160. The highest BCUT2D eigenvalue weighted by Crippen LogP contribution is 2.51. The van der Waals surface area contributed by atoms with Crippen molar-refractivity contribution in [1.29, 1.82) is 0 Å². The van der Waals surface area contributed by atoms with Crippen LogP contribution < -0.4 is 0 Å². The van der Waals surface area contributed by atoms with Crippen LogP contribution >= 0.6 is 0 Å². The molecule has 0 amide bonds. The Bertz CT molecular complexity index is 348. The Balaban J connectivity index is 1.81. The first-order chi connectivity index (χ1) is 12.3. The summed E-state index contributed by atoms with van der Waals surface area (Å²) in [5.74, 6) is 1.58. The fraction of sp³-hybridized carbons (Fsp3) is 1.00. The summed E-state index contributed by atoms with van der Waals surface area (Å²) in [6.45, 7) is 9.41. The monoisotopic (exact) mass is 370 g/mol. The molecule has 2 aliphatic carbocycles. The maximum absolute atomic E-state index is 9.41. The van der Waals surface area contributed by atoms with Crippen LogP contribution in [0.1, 0.15) is 85.5 Å². The molecule has 0 aromatic rings. The topological polar surface area (TPSA) is 58.9 Å². The van der Waals surface area contributed by atoms with E-state index in [1.807, 2.05) is 0 Å². The van der Waals surface area contributed by atoms with Crippen LogP contribution in [0, 0.1) is 17.3 Å². The summed E-state index contributed by atoms with van der Waals surface area (Å²) in [6, 6.07) is 0. The van der Waals surface area contributed by atoms with Gasteiger partial charge in [0.1, 0.15) is 0 Å². The van der Waals surface area contributed by atoms with E-state index >= 15 is 0 Å². The van der Waals surface area contributed by atoms with Crippen molar-refractivity contribution in [2.75, 3.05) is 13.2 Å². The van der Waals surface area contributed by atoms with Crippen molar-refractivity contribution >= 4 is 0 Å². The van der Waals surface area contributed by atoms with Crippen LogP contribution in [0.15, 0.2) is 0 Å². The predicted molar refractivity (Wildman–Crippen MR) is 105 cm³/mol. The molecule has 0 heterocycles. The van der Waals surface area contributed by atoms with Gasteiger partial charge in [-0.15, -0.1) is 0 Å². The first kappa shape index (κ1) is 22.1. The van der Waals surface area contributed by atoms with Crippen LogP contribution in [-0.2, 0) is 9.47 Å². The van der Waals surface area contributed by atoms with E-state index in [-0.39, 0.29) is 12.2 Å². The van der Waals surface area contributed by atoms with Gasteiger partial charge in [-0.2, -0.15) is 0 Å². The van der Waals surface area contributed by atoms with Crippen LogP contribution in [0.4, 0.5) is 0 Å². The van der Waals surface area contributed by atoms with E-state index in [1.54, 1.807) is 13.8 Å². The molecule has 0 aromatic carbocycles. The first-order valence-corrected chi connectivity index (χ1v) is 10.9. The average molecular weight is 371 g/mol. The second kappa shape index (κ2) is 10.4. The lowest BCUT2D eigenvalue weighted by Crippen LogP contribution is -2.41. The summed E-state index contributed by atoms with van der Waals surface area (Å²) >= 11 is 0. The lowest BCUT2D eigenvalue weighted by molar-refractivity contribution is -0.0622. The molecule has 0 spiro atoms. The molecule has 2 aliphatic rings. The van der Waals surface area contributed by atoms with E-state index in [2.05, 4.69) is 13.8 Å². The molecule has 2 atom stereocenters. The number of hydrogen-bond donors (Lipinski definition) is 2. The molecule has 0 aromatic heterocycles. The maximum atomic E-state index is 9.41. The minimum Gasteiger partial charge on any atom is -0.391 e. The molecule has 2 fully saturated rings. The predicted octanol–water partition coefficient (Wildman–Crippen LogP) is 4.32. The Labute approximate surface area is 160 Å². The minimum absolute atomic E-state index is 0.339. The van der Waals surface area contributed by atoms with E-state index < -0.39 is 0 Å². The van der Waals surface area contributed by atoms with Crippen molar-refractivity contribution < 1.29 is 19.7 Å². The zero-order valence-electron chi connectivity index (χ0n) is 17.5. The Morgan fingerprint density at radius 3 is 1.38 bits per heavy atom. The quantitative estimate of drug-likeness (QED) is 0.635. The molecular formula is C22H42O4. The van der Waals surface area contributed by atoms with Crippen molar-refractivity contribution in [1.82, 2.24) is 0 Å². The zero-order chi connectivity index (χ0) is 19.2. The van der Waals surface area contributed by atoms with Crippen molar-refractivity contribution in [2.45, 2.75) is 110 Å². The van der Waals surface area contributed by atoms with Crippen LogP contribution in [0.3, 0.4) is 0 Å². The number of aliphatic hydroxyl groups excluding tert-OH is 2. The SMILES string of the molecule is CCC(C)(C1CCC(OCC(C)O)CC1)C1CCC(OCC(C)O)CC1. The molecule has 0 aliphatic heterocycles. The minimum atomic E-state index is -0.361. The third-order valence-corrected chi connectivity index (χ3v) is 7.12. The van der Waals surface area contributed by atoms with Gasteiger partial charge in [0.2, 0.25) is 0 Å². The van der Waals surface area contributed by atoms with E-state index in [9.17, 15) is 10.2 Å². The number of hydrogen-bond acceptors (Lipinski definition) is 4. The number of ether oxygens (including phenoxy) is 2. The van der Waals surface area contributed by atoms with E-state index in [1.165, 1.54) is 32.1 Å². The van der Waals surface area contributed by atoms with Gasteiger partial charge in [-0.3, -0.25) is 0 Å². The molecule has 0 saturated heterocycles. The summed E-state index contributed by atoms with van der Waals surface area (Å²) in [5, 5.41) is 18.8. The fourth-order valence-electron chi connectivity index (χ4n) is 5.24. The average Bonchev–Trinajstić information content (AvgIpc) is 2.65. The summed E-state index contributed by atoms with van der Waals surface area (Å²) in [6.07, 6.45) is 10.8. The molecule has 154 valence electrons.